The molecule has 0 saturated carbocycles. The van der Waals surface area contributed by atoms with Gasteiger partial charge in [0, 0.05) is 13.2 Å². The molecule has 0 fully saturated rings. The van der Waals surface area contributed by atoms with Gasteiger partial charge in [0.2, 0.25) is 5.91 Å². The fraction of sp³-hybridized carbons (Fsp3) is 0.917. The van der Waals surface area contributed by atoms with Gasteiger partial charge in [-0.3, -0.25) is 4.79 Å². The Morgan fingerprint density at radius 1 is 1.31 bits per heavy atom. The third-order valence-electron chi connectivity index (χ3n) is 2.36. The Morgan fingerprint density at radius 3 is 2.56 bits per heavy atom. The summed E-state index contributed by atoms with van der Waals surface area (Å²) in [6.07, 6.45) is 2.00. The molecular weight excluding hydrogens is 204 g/mol. The molecule has 4 heteroatoms. The van der Waals surface area contributed by atoms with Crippen molar-refractivity contribution in [2.75, 3.05) is 26.2 Å². The molecular formula is C12H26N2O2. The predicted molar refractivity (Wildman–Crippen MR) is 66.2 cm³/mol. The first kappa shape index (κ1) is 15.4. The number of carbonyl (C=O) groups excluding carboxylic acids is 1. The van der Waals surface area contributed by atoms with E-state index in [1.807, 2.05) is 6.92 Å². The second-order valence-corrected chi connectivity index (χ2v) is 4.80. The number of nitrogens with one attached hydrogen (secondary N) is 2. The minimum atomic E-state index is 0.0592. The Hall–Kier alpha value is -0.610. The number of carbonyl (C=O) groups is 1. The molecule has 0 bridgehead atoms. The van der Waals surface area contributed by atoms with Gasteiger partial charge in [-0.05, 0) is 31.2 Å². The van der Waals surface area contributed by atoms with Crippen LogP contribution < -0.4 is 10.6 Å². The highest BCUT2D eigenvalue weighted by Gasteiger charge is 2.02. The topological polar surface area (TPSA) is 61.4 Å². The summed E-state index contributed by atoms with van der Waals surface area (Å²) in [5.74, 6) is 0.912. The van der Waals surface area contributed by atoms with Gasteiger partial charge in [0.25, 0.3) is 0 Å². The number of rotatable bonds is 9. The van der Waals surface area contributed by atoms with Crippen LogP contribution in [0.15, 0.2) is 0 Å². The van der Waals surface area contributed by atoms with Crippen LogP contribution in [0.25, 0.3) is 0 Å². The van der Waals surface area contributed by atoms with Gasteiger partial charge < -0.3 is 15.7 Å². The summed E-state index contributed by atoms with van der Waals surface area (Å²) in [4.78, 5) is 11.3. The molecule has 3 N–H and O–H groups in total. The fourth-order valence-corrected chi connectivity index (χ4v) is 1.25. The van der Waals surface area contributed by atoms with E-state index in [1.54, 1.807) is 0 Å². The molecule has 0 heterocycles. The van der Waals surface area contributed by atoms with E-state index in [4.69, 9.17) is 5.11 Å². The summed E-state index contributed by atoms with van der Waals surface area (Å²) in [5, 5.41) is 14.8. The minimum Gasteiger partial charge on any atom is -0.396 e. The zero-order valence-electron chi connectivity index (χ0n) is 10.8. The van der Waals surface area contributed by atoms with E-state index >= 15 is 0 Å². The summed E-state index contributed by atoms with van der Waals surface area (Å²) in [7, 11) is 0. The van der Waals surface area contributed by atoms with Crippen LogP contribution in [0, 0.1) is 11.8 Å². The molecule has 0 saturated heterocycles. The lowest BCUT2D eigenvalue weighted by molar-refractivity contribution is -0.120. The highest BCUT2D eigenvalue weighted by molar-refractivity contribution is 5.77. The van der Waals surface area contributed by atoms with Crippen molar-refractivity contribution in [2.45, 2.75) is 33.6 Å². The van der Waals surface area contributed by atoms with Gasteiger partial charge in [-0.2, -0.15) is 0 Å². The minimum absolute atomic E-state index is 0.0592. The molecule has 0 aromatic heterocycles. The molecule has 0 aromatic carbocycles. The summed E-state index contributed by atoms with van der Waals surface area (Å²) in [6, 6.07) is 0. The summed E-state index contributed by atoms with van der Waals surface area (Å²) < 4.78 is 0. The van der Waals surface area contributed by atoms with Crippen LogP contribution in [0.4, 0.5) is 0 Å². The molecule has 0 aliphatic carbocycles. The second kappa shape index (κ2) is 9.60. The Balaban J connectivity index is 3.28. The maximum absolute atomic E-state index is 11.3. The van der Waals surface area contributed by atoms with Crippen LogP contribution >= 0.6 is 0 Å². The van der Waals surface area contributed by atoms with E-state index in [2.05, 4.69) is 24.5 Å². The lowest BCUT2D eigenvalue weighted by Crippen LogP contribution is -2.36. The highest BCUT2D eigenvalue weighted by atomic mass is 16.3. The molecule has 0 aliphatic rings. The van der Waals surface area contributed by atoms with Crippen LogP contribution in [-0.4, -0.2) is 37.3 Å². The van der Waals surface area contributed by atoms with Crippen LogP contribution in [0.3, 0.4) is 0 Å². The molecule has 0 aliphatic heterocycles. The molecule has 0 radical (unpaired) electrons. The van der Waals surface area contributed by atoms with Crippen molar-refractivity contribution in [1.82, 2.24) is 10.6 Å². The molecule has 0 spiro atoms. The first-order chi connectivity index (χ1) is 7.56. The molecule has 96 valence electrons. The normalized spacial score (nSPS) is 12.8. The van der Waals surface area contributed by atoms with Crippen LogP contribution in [0.2, 0.25) is 0 Å². The van der Waals surface area contributed by atoms with Crippen molar-refractivity contribution in [1.29, 1.82) is 0 Å². The van der Waals surface area contributed by atoms with Crippen molar-refractivity contribution >= 4 is 5.91 Å². The van der Waals surface area contributed by atoms with Gasteiger partial charge in [-0.1, -0.05) is 20.8 Å². The number of amides is 1. The van der Waals surface area contributed by atoms with Gasteiger partial charge in [0.1, 0.15) is 0 Å². The Morgan fingerprint density at radius 2 is 2.00 bits per heavy atom. The smallest absolute Gasteiger partial charge is 0.233 e. The molecule has 16 heavy (non-hydrogen) atoms. The van der Waals surface area contributed by atoms with Crippen molar-refractivity contribution in [3.05, 3.63) is 0 Å². The molecule has 1 amide bonds. The second-order valence-electron chi connectivity index (χ2n) is 4.80. The Labute approximate surface area is 98.8 Å². The molecule has 0 rings (SSSR count). The Kier molecular flexibility index (Phi) is 9.24. The summed E-state index contributed by atoms with van der Waals surface area (Å²) in [6.45, 7) is 8.37. The Bertz CT molecular complexity index is 184. The maximum atomic E-state index is 11.3. The fourth-order valence-electron chi connectivity index (χ4n) is 1.25. The predicted octanol–water partition coefficient (Wildman–Crippen LogP) is 0.757. The number of hydrogen-bond donors (Lipinski definition) is 3. The first-order valence-electron chi connectivity index (χ1n) is 6.14. The SMILES string of the molecule is CC(C)CNC(=O)CNCCCC(C)CO. The first-order valence-corrected chi connectivity index (χ1v) is 6.14. The van der Waals surface area contributed by atoms with Crippen LogP contribution in [0.1, 0.15) is 33.6 Å². The molecule has 4 nitrogen and oxygen atoms in total. The standard InChI is InChI=1S/C12H26N2O2/c1-10(2)7-14-12(16)8-13-6-4-5-11(3)9-15/h10-11,13,15H,4-9H2,1-3H3,(H,14,16). The quantitative estimate of drug-likeness (QED) is 0.512. The largest absolute Gasteiger partial charge is 0.396 e. The van der Waals surface area contributed by atoms with E-state index in [0.29, 0.717) is 18.4 Å². The van der Waals surface area contributed by atoms with E-state index in [-0.39, 0.29) is 12.5 Å². The monoisotopic (exact) mass is 230 g/mol. The van der Waals surface area contributed by atoms with E-state index in [9.17, 15) is 4.79 Å². The van der Waals surface area contributed by atoms with Crippen molar-refractivity contribution in [2.24, 2.45) is 11.8 Å². The van der Waals surface area contributed by atoms with Gasteiger partial charge in [-0.15, -0.1) is 0 Å². The molecule has 1 atom stereocenters. The highest BCUT2D eigenvalue weighted by Crippen LogP contribution is 2.02. The van der Waals surface area contributed by atoms with Crippen molar-refractivity contribution in [3.63, 3.8) is 0 Å². The van der Waals surface area contributed by atoms with E-state index in [1.165, 1.54) is 0 Å². The number of aliphatic hydroxyl groups excluding tert-OH is 1. The van der Waals surface area contributed by atoms with Gasteiger partial charge in [0.15, 0.2) is 0 Å². The van der Waals surface area contributed by atoms with Gasteiger partial charge in [0.05, 0.1) is 6.54 Å². The van der Waals surface area contributed by atoms with Gasteiger partial charge >= 0.3 is 0 Å². The van der Waals surface area contributed by atoms with E-state index in [0.717, 1.165) is 25.9 Å². The molecule has 1 unspecified atom stereocenters. The summed E-state index contributed by atoms with van der Waals surface area (Å²) >= 11 is 0. The van der Waals surface area contributed by atoms with Gasteiger partial charge in [-0.25, -0.2) is 0 Å². The summed E-state index contributed by atoms with van der Waals surface area (Å²) in [5.41, 5.74) is 0. The zero-order chi connectivity index (χ0) is 12.4. The third-order valence-corrected chi connectivity index (χ3v) is 2.36. The molecule has 0 aromatic rings. The average molecular weight is 230 g/mol. The number of hydrogen-bond acceptors (Lipinski definition) is 3. The van der Waals surface area contributed by atoms with Crippen molar-refractivity contribution < 1.29 is 9.90 Å². The number of aliphatic hydroxyl groups is 1. The van der Waals surface area contributed by atoms with E-state index < -0.39 is 0 Å². The van der Waals surface area contributed by atoms with Crippen LogP contribution in [0.5, 0.6) is 0 Å². The average Bonchev–Trinajstić information content (AvgIpc) is 2.25. The maximum Gasteiger partial charge on any atom is 0.233 e. The lowest BCUT2D eigenvalue weighted by atomic mass is 10.1. The van der Waals surface area contributed by atoms with Crippen LogP contribution in [-0.2, 0) is 4.79 Å². The zero-order valence-corrected chi connectivity index (χ0v) is 10.8. The lowest BCUT2D eigenvalue weighted by Gasteiger charge is -2.09. The third kappa shape index (κ3) is 9.93. The van der Waals surface area contributed by atoms with Crippen molar-refractivity contribution in [3.8, 4) is 0 Å².